The van der Waals surface area contributed by atoms with Crippen molar-refractivity contribution < 1.29 is 0 Å². The van der Waals surface area contributed by atoms with Crippen molar-refractivity contribution in [1.29, 1.82) is 0 Å². The highest BCUT2D eigenvalue weighted by atomic mass is 15.3. The molecule has 0 fully saturated rings. The lowest BCUT2D eigenvalue weighted by Crippen LogP contribution is -2.61. The van der Waals surface area contributed by atoms with Crippen molar-refractivity contribution in [2.24, 2.45) is 5.84 Å². The lowest BCUT2D eigenvalue weighted by atomic mass is 9.83. The van der Waals surface area contributed by atoms with Crippen LogP contribution in [0, 0.1) is 6.92 Å². The molecule has 1 aromatic rings. The first kappa shape index (κ1) is 17.2. The highest BCUT2D eigenvalue weighted by molar-refractivity contribution is 5.23. The molecule has 0 aliphatic heterocycles. The highest BCUT2D eigenvalue weighted by Crippen LogP contribution is 2.25. The number of aryl methyl sites for hydroxylation is 1. The smallest absolute Gasteiger partial charge is 0.0432 e. The van der Waals surface area contributed by atoms with Crippen LogP contribution >= 0.6 is 0 Å². The maximum absolute atomic E-state index is 5.88. The molecule has 0 radical (unpaired) electrons. The molecular formula is C17H31N3. The Balaban J connectivity index is 2.94. The molecule has 3 heteroatoms. The van der Waals surface area contributed by atoms with Gasteiger partial charge in [-0.15, -0.1) is 0 Å². The summed E-state index contributed by atoms with van der Waals surface area (Å²) in [7, 11) is 0. The number of benzene rings is 1. The van der Waals surface area contributed by atoms with Crippen LogP contribution in [0.15, 0.2) is 24.3 Å². The van der Waals surface area contributed by atoms with Gasteiger partial charge in [0.05, 0.1) is 0 Å². The van der Waals surface area contributed by atoms with Gasteiger partial charge in [-0.25, -0.2) is 0 Å². The highest BCUT2D eigenvalue weighted by Gasteiger charge is 2.36. The van der Waals surface area contributed by atoms with Crippen molar-refractivity contribution in [1.82, 2.24) is 10.3 Å². The van der Waals surface area contributed by atoms with Crippen LogP contribution in [0.5, 0.6) is 0 Å². The predicted octanol–water partition coefficient (Wildman–Crippen LogP) is 2.88. The molecule has 0 heterocycles. The van der Waals surface area contributed by atoms with E-state index < -0.39 is 0 Å². The van der Waals surface area contributed by atoms with E-state index in [1.54, 1.807) is 0 Å². The number of nitrogens with zero attached hydrogens (tertiary/aromatic N) is 1. The molecule has 2 unspecified atom stereocenters. The average molecular weight is 277 g/mol. The maximum atomic E-state index is 5.88. The summed E-state index contributed by atoms with van der Waals surface area (Å²) in [4.78, 5) is 2.51. The Labute approximate surface area is 124 Å². The third-order valence-corrected chi connectivity index (χ3v) is 4.71. The molecule has 2 atom stereocenters. The second kappa shape index (κ2) is 7.77. The van der Waals surface area contributed by atoms with Crippen LogP contribution in [0.2, 0.25) is 0 Å². The molecule has 0 amide bonds. The van der Waals surface area contributed by atoms with E-state index in [1.165, 1.54) is 11.1 Å². The largest absolute Gasteiger partial charge is 0.297 e. The number of likely N-dealkylation sites (N-methyl/N-ethyl adjacent to an activating group) is 1. The molecule has 0 spiro atoms. The third kappa shape index (κ3) is 3.81. The molecule has 0 aliphatic rings. The monoisotopic (exact) mass is 277 g/mol. The minimum absolute atomic E-state index is 0.0726. The number of rotatable bonds is 8. The number of nitrogens with one attached hydrogen (secondary N) is 1. The van der Waals surface area contributed by atoms with E-state index in [4.69, 9.17) is 5.84 Å². The van der Waals surface area contributed by atoms with E-state index in [0.29, 0.717) is 0 Å². The van der Waals surface area contributed by atoms with Crippen LogP contribution in [-0.2, 0) is 6.42 Å². The molecule has 0 saturated heterocycles. The van der Waals surface area contributed by atoms with Crippen molar-refractivity contribution in [3.05, 3.63) is 35.4 Å². The zero-order valence-corrected chi connectivity index (χ0v) is 13.7. The van der Waals surface area contributed by atoms with Crippen molar-refractivity contribution in [3.63, 3.8) is 0 Å². The molecule has 20 heavy (non-hydrogen) atoms. The van der Waals surface area contributed by atoms with Crippen LogP contribution in [0.4, 0.5) is 0 Å². The zero-order chi connectivity index (χ0) is 15.2. The number of nitrogens with two attached hydrogens (primary N) is 1. The summed E-state index contributed by atoms with van der Waals surface area (Å²) in [5.74, 6) is 5.88. The van der Waals surface area contributed by atoms with Gasteiger partial charge < -0.3 is 0 Å². The minimum Gasteiger partial charge on any atom is -0.297 e. The van der Waals surface area contributed by atoms with Gasteiger partial charge in [0.2, 0.25) is 0 Å². The molecule has 114 valence electrons. The molecular weight excluding hydrogens is 246 g/mol. The summed E-state index contributed by atoms with van der Waals surface area (Å²) < 4.78 is 0. The second-order valence-electron chi connectivity index (χ2n) is 5.79. The molecule has 0 bridgehead atoms. The Kier molecular flexibility index (Phi) is 6.66. The van der Waals surface area contributed by atoms with E-state index in [9.17, 15) is 0 Å². The Morgan fingerprint density at radius 2 is 1.70 bits per heavy atom. The van der Waals surface area contributed by atoms with Gasteiger partial charge in [-0.1, -0.05) is 50.6 Å². The van der Waals surface area contributed by atoms with Crippen LogP contribution < -0.4 is 11.3 Å². The van der Waals surface area contributed by atoms with Gasteiger partial charge >= 0.3 is 0 Å². The SMILES string of the molecule is CCN(CC)C(C)(CC)C(Cc1ccc(C)cc1)NN. The normalized spacial score (nSPS) is 16.1. The van der Waals surface area contributed by atoms with Gasteiger partial charge in [-0.05, 0) is 45.3 Å². The van der Waals surface area contributed by atoms with Gasteiger partial charge in [0.15, 0.2) is 0 Å². The minimum atomic E-state index is 0.0726. The van der Waals surface area contributed by atoms with Crippen molar-refractivity contribution in [2.45, 2.75) is 59.0 Å². The molecule has 3 nitrogen and oxygen atoms in total. The van der Waals surface area contributed by atoms with Crippen LogP contribution in [-0.4, -0.2) is 29.6 Å². The fourth-order valence-electron chi connectivity index (χ4n) is 3.05. The molecule has 0 aliphatic carbocycles. The Hall–Kier alpha value is -0.900. The summed E-state index contributed by atoms with van der Waals surface area (Å²) in [6, 6.07) is 9.00. The van der Waals surface area contributed by atoms with E-state index in [-0.39, 0.29) is 11.6 Å². The summed E-state index contributed by atoms with van der Waals surface area (Å²) in [6.07, 6.45) is 2.03. The van der Waals surface area contributed by atoms with E-state index >= 15 is 0 Å². The summed E-state index contributed by atoms with van der Waals surface area (Å²) in [5, 5.41) is 0. The fourth-order valence-corrected chi connectivity index (χ4v) is 3.05. The molecule has 0 saturated carbocycles. The molecule has 0 aromatic heterocycles. The summed E-state index contributed by atoms with van der Waals surface area (Å²) in [5.41, 5.74) is 5.77. The number of hydrogen-bond donors (Lipinski definition) is 2. The van der Waals surface area contributed by atoms with Crippen molar-refractivity contribution in [3.8, 4) is 0 Å². The molecule has 3 N–H and O–H groups in total. The van der Waals surface area contributed by atoms with E-state index in [1.807, 2.05) is 0 Å². The number of hydrazine groups is 1. The topological polar surface area (TPSA) is 41.3 Å². The summed E-state index contributed by atoms with van der Waals surface area (Å²) in [6.45, 7) is 13.2. The Morgan fingerprint density at radius 1 is 1.15 bits per heavy atom. The van der Waals surface area contributed by atoms with Crippen LogP contribution in [0.3, 0.4) is 0 Å². The number of hydrogen-bond acceptors (Lipinski definition) is 3. The molecule has 1 aromatic carbocycles. The first-order valence-corrected chi connectivity index (χ1v) is 7.78. The first-order valence-electron chi connectivity index (χ1n) is 7.78. The third-order valence-electron chi connectivity index (χ3n) is 4.71. The van der Waals surface area contributed by atoms with E-state index in [2.05, 4.69) is 69.2 Å². The second-order valence-corrected chi connectivity index (χ2v) is 5.79. The zero-order valence-electron chi connectivity index (χ0n) is 13.7. The Morgan fingerprint density at radius 3 is 2.10 bits per heavy atom. The fraction of sp³-hybridized carbons (Fsp3) is 0.647. The van der Waals surface area contributed by atoms with Gasteiger partial charge in [0.25, 0.3) is 0 Å². The molecule has 1 rings (SSSR count). The predicted molar refractivity (Wildman–Crippen MR) is 87.6 cm³/mol. The lowest BCUT2D eigenvalue weighted by Gasteiger charge is -2.45. The van der Waals surface area contributed by atoms with Crippen LogP contribution in [0.1, 0.15) is 45.2 Å². The van der Waals surface area contributed by atoms with Crippen molar-refractivity contribution >= 4 is 0 Å². The van der Waals surface area contributed by atoms with Gasteiger partial charge in [0.1, 0.15) is 0 Å². The van der Waals surface area contributed by atoms with Gasteiger partial charge in [0, 0.05) is 11.6 Å². The first-order chi connectivity index (χ1) is 9.51. The lowest BCUT2D eigenvalue weighted by molar-refractivity contribution is 0.0701. The van der Waals surface area contributed by atoms with Gasteiger partial charge in [-0.2, -0.15) is 0 Å². The quantitative estimate of drug-likeness (QED) is 0.567. The standard InChI is InChI=1S/C17H31N3/c1-6-17(5,20(7-2)8-3)16(19-18)13-15-11-9-14(4)10-12-15/h9-12,16,19H,6-8,13,18H2,1-5H3. The van der Waals surface area contributed by atoms with Gasteiger partial charge in [-0.3, -0.25) is 16.2 Å². The van der Waals surface area contributed by atoms with Crippen LogP contribution in [0.25, 0.3) is 0 Å². The van der Waals surface area contributed by atoms with E-state index in [0.717, 1.165) is 25.9 Å². The average Bonchev–Trinajstić information content (AvgIpc) is 2.47. The maximum Gasteiger partial charge on any atom is 0.0432 e. The summed E-state index contributed by atoms with van der Waals surface area (Å²) >= 11 is 0. The Bertz CT molecular complexity index is 384. The van der Waals surface area contributed by atoms with Crippen molar-refractivity contribution in [2.75, 3.05) is 13.1 Å².